The van der Waals surface area contributed by atoms with Crippen LogP contribution in [0.2, 0.25) is 5.02 Å². The summed E-state index contributed by atoms with van der Waals surface area (Å²) in [7, 11) is 0. The van der Waals surface area contributed by atoms with Gasteiger partial charge < -0.3 is 20.2 Å². The number of rotatable bonds is 7. The van der Waals surface area contributed by atoms with Crippen LogP contribution in [0.25, 0.3) is 5.65 Å². The molecule has 0 aliphatic carbocycles. The Labute approximate surface area is 156 Å². The van der Waals surface area contributed by atoms with Gasteiger partial charge >= 0.3 is 0 Å². The number of amides is 1. The lowest BCUT2D eigenvalue weighted by Crippen LogP contribution is -2.23. The summed E-state index contributed by atoms with van der Waals surface area (Å²) >= 11 is 6.02. The maximum absolute atomic E-state index is 12.6. The number of nitrogens with zero attached hydrogens (tertiary/aromatic N) is 2. The third-order valence-corrected chi connectivity index (χ3v) is 4.13. The van der Waals surface area contributed by atoms with Crippen LogP contribution < -0.4 is 15.8 Å². The SMILES string of the molecule is Cc1ccn2cc(CNC(=O)c3ccc(Cl)cc3OCCCN)nc2c1. The molecule has 0 atom stereocenters. The highest BCUT2D eigenvalue weighted by Gasteiger charge is 2.14. The highest BCUT2D eigenvalue weighted by Crippen LogP contribution is 2.23. The summed E-state index contributed by atoms with van der Waals surface area (Å²) in [6, 6.07) is 8.97. The third kappa shape index (κ3) is 4.33. The highest BCUT2D eigenvalue weighted by molar-refractivity contribution is 6.30. The molecule has 136 valence electrons. The van der Waals surface area contributed by atoms with Crippen molar-refractivity contribution in [2.24, 2.45) is 5.73 Å². The molecule has 0 fully saturated rings. The predicted molar refractivity (Wildman–Crippen MR) is 102 cm³/mol. The van der Waals surface area contributed by atoms with Crippen molar-refractivity contribution < 1.29 is 9.53 Å². The van der Waals surface area contributed by atoms with Gasteiger partial charge in [0, 0.05) is 17.4 Å². The number of ether oxygens (including phenoxy) is 1. The van der Waals surface area contributed by atoms with E-state index >= 15 is 0 Å². The molecule has 3 aromatic rings. The topological polar surface area (TPSA) is 81.6 Å². The van der Waals surface area contributed by atoms with Crippen LogP contribution in [0.4, 0.5) is 0 Å². The second-order valence-electron chi connectivity index (χ2n) is 6.02. The summed E-state index contributed by atoms with van der Waals surface area (Å²) in [5.41, 5.74) is 8.69. The molecular formula is C19H21ClN4O2. The summed E-state index contributed by atoms with van der Waals surface area (Å²) < 4.78 is 7.58. The zero-order chi connectivity index (χ0) is 18.5. The third-order valence-electron chi connectivity index (χ3n) is 3.89. The largest absolute Gasteiger partial charge is 0.493 e. The fourth-order valence-corrected chi connectivity index (χ4v) is 2.72. The first-order valence-corrected chi connectivity index (χ1v) is 8.79. The zero-order valence-electron chi connectivity index (χ0n) is 14.5. The van der Waals surface area contributed by atoms with Crippen LogP contribution in [0.15, 0.2) is 42.7 Å². The number of nitrogens with one attached hydrogen (secondary N) is 1. The van der Waals surface area contributed by atoms with Crippen molar-refractivity contribution in [2.45, 2.75) is 19.9 Å². The summed E-state index contributed by atoms with van der Waals surface area (Å²) in [5, 5.41) is 3.39. The van der Waals surface area contributed by atoms with E-state index in [1.54, 1.807) is 18.2 Å². The van der Waals surface area contributed by atoms with E-state index < -0.39 is 0 Å². The second kappa shape index (κ2) is 8.21. The minimum Gasteiger partial charge on any atom is -0.493 e. The number of carbonyl (C=O) groups is 1. The molecule has 2 aromatic heterocycles. The summed E-state index contributed by atoms with van der Waals surface area (Å²) in [5.74, 6) is 0.215. The van der Waals surface area contributed by atoms with E-state index in [4.69, 9.17) is 22.1 Å². The Morgan fingerprint density at radius 2 is 2.19 bits per heavy atom. The molecule has 3 N–H and O–H groups in total. The van der Waals surface area contributed by atoms with Crippen LogP contribution in [0.3, 0.4) is 0 Å². The molecule has 0 unspecified atom stereocenters. The molecule has 6 nitrogen and oxygen atoms in total. The number of hydrogen-bond acceptors (Lipinski definition) is 4. The number of pyridine rings is 1. The van der Waals surface area contributed by atoms with E-state index in [9.17, 15) is 4.79 Å². The van der Waals surface area contributed by atoms with Crippen LogP contribution in [0.5, 0.6) is 5.75 Å². The van der Waals surface area contributed by atoms with Crippen molar-refractivity contribution in [1.82, 2.24) is 14.7 Å². The average Bonchev–Trinajstić information content (AvgIpc) is 3.02. The van der Waals surface area contributed by atoms with Gasteiger partial charge in [0.2, 0.25) is 0 Å². The van der Waals surface area contributed by atoms with E-state index in [-0.39, 0.29) is 5.91 Å². The van der Waals surface area contributed by atoms with Gasteiger partial charge in [-0.3, -0.25) is 4.79 Å². The minimum atomic E-state index is -0.238. The van der Waals surface area contributed by atoms with Crippen molar-refractivity contribution in [2.75, 3.05) is 13.2 Å². The van der Waals surface area contributed by atoms with Gasteiger partial charge in [0.1, 0.15) is 11.4 Å². The normalized spacial score (nSPS) is 10.9. The van der Waals surface area contributed by atoms with Crippen LogP contribution in [-0.4, -0.2) is 28.4 Å². The van der Waals surface area contributed by atoms with Crippen LogP contribution in [-0.2, 0) is 6.54 Å². The second-order valence-corrected chi connectivity index (χ2v) is 6.45. The molecule has 1 aromatic carbocycles. The minimum absolute atomic E-state index is 0.238. The molecule has 0 saturated heterocycles. The van der Waals surface area contributed by atoms with E-state index in [0.29, 0.717) is 42.5 Å². The highest BCUT2D eigenvalue weighted by atomic mass is 35.5. The van der Waals surface area contributed by atoms with Gasteiger partial charge in [0.15, 0.2) is 0 Å². The van der Waals surface area contributed by atoms with Crippen molar-refractivity contribution in [3.05, 3.63) is 64.6 Å². The predicted octanol–water partition coefficient (Wildman–Crippen LogP) is 2.95. The average molecular weight is 373 g/mol. The Hall–Kier alpha value is -2.57. The van der Waals surface area contributed by atoms with E-state index in [0.717, 1.165) is 16.9 Å². The molecule has 26 heavy (non-hydrogen) atoms. The molecule has 0 spiro atoms. The Morgan fingerprint density at radius 3 is 3.00 bits per heavy atom. The van der Waals surface area contributed by atoms with Gasteiger partial charge in [-0.15, -0.1) is 0 Å². The Balaban J connectivity index is 1.70. The van der Waals surface area contributed by atoms with Crippen molar-refractivity contribution in [3.8, 4) is 5.75 Å². The number of halogens is 1. The molecule has 0 radical (unpaired) electrons. The van der Waals surface area contributed by atoms with Crippen LogP contribution in [0, 0.1) is 6.92 Å². The molecule has 0 aliphatic rings. The Morgan fingerprint density at radius 1 is 1.35 bits per heavy atom. The van der Waals surface area contributed by atoms with Crippen LogP contribution in [0.1, 0.15) is 28.0 Å². The number of imidazole rings is 1. The molecule has 3 rings (SSSR count). The van der Waals surface area contributed by atoms with Crippen molar-refractivity contribution >= 4 is 23.2 Å². The zero-order valence-corrected chi connectivity index (χ0v) is 15.3. The first kappa shape index (κ1) is 18.2. The smallest absolute Gasteiger partial charge is 0.255 e. The fraction of sp³-hybridized carbons (Fsp3) is 0.263. The van der Waals surface area contributed by atoms with Crippen molar-refractivity contribution in [1.29, 1.82) is 0 Å². The lowest BCUT2D eigenvalue weighted by molar-refractivity contribution is 0.0946. The van der Waals surface area contributed by atoms with Crippen LogP contribution >= 0.6 is 11.6 Å². The number of carbonyl (C=O) groups excluding carboxylic acids is 1. The maximum Gasteiger partial charge on any atom is 0.255 e. The number of benzene rings is 1. The van der Waals surface area contributed by atoms with Crippen molar-refractivity contribution in [3.63, 3.8) is 0 Å². The summed E-state index contributed by atoms with van der Waals surface area (Å²) in [6.07, 6.45) is 4.55. The number of aromatic nitrogens is 2. The Bertz CT molecular complexity index is 923. The first-order chi connectivity index (χ1) is 12.6. The quantitative estimate of drug-likeness (QED) is 0.625. The Kier molecular flexibility index (Phi) is 5.75. The fourth-order valence-electron chi connectivity index (χ4n) is 2.56. The molecule has 0 saturated carbocycles. The lowest BCUT2D eigenvalue weighted by Gasteiger charge is -2.11. The molecule has 2 heterocycles. The summed E-state index contributed by atoms with van der Waals surface area (Å²) in [4.78, 5) is 17.1. The van der Waals surface area contributed by atoms with Gasteiger partial charge in [0.05, 0.1) is 24.4 Å². The maximum atomic E-state index is 12.6. The monoisotopic (exact) mass is 372 g/mol. The van der Waals surface area contributed by atoms with Gasteiger partial charge in [-0.1, -0.05) is 11.6 Å². The molecule has 7 heteroatoms. The van der Waals surface area contributed by atoms with Gasteiger partial charge in [0.25, 0.3) is 5.91 Å². The van der Waals surface area contributed by atoms with E-state index in [2.05, 4.69) is 10.3 Å². The number of fused-ring (bicyclic) bond motifs is 1. The summed E-state index contributed by atoms with van der Waals surface area (Å²) in [6.45, 7) is 3.30. The standard InChI is InChI=1S/C19H21ClN4O2/c1-13-5-7-24-12-15(23-18(24)9-13)11-22-19(25)16-4-3-14(20)10-17(16)26-8-2-6-21/h3-5,7,9-10,12H,2,6,8,11,21H2,1H3,(H,22,25). The van der Waals surface area contributed by atoms with E-state index in [1.807, 2.05) is 35.9 Å². The van der Waals surface area contributed by atoms with Gasteiger partial charge in [-0.2, -0.15) is 0 Å². The van der Waals surface area contributed by atoms with E-state index in [1.165, 1.54) is 0 Å². The molecule has 0 bridgehead atoms. The molecule has 0 aliphatic heterocycles. The first-order valence-electron chi connectivity index (χ1n) is 8.41. The molecule has 1 amide bonds. The number of nitrogens with two attached hydrogens (primary N) is 1. The number of aryl methyl sites for hydroxylation is 1. The van der Waals surface area contributed by atoms with Gasteiger partial charge in [-0.05, 0) is 55.8 Å². The van der Waals surface area contributed by atoms with Gasteiger partial charge in [-0.25, -0.2) is 4.98 Å². The molecular weight excluding hydrogens is 352 g/mol. The lowest BCUT2D eigenvalue weighted by atomic mass is 10.2. The number of hydrogen-bond donors (Lipinski definition) is 2.